The molecule has 1 aliphatic rings. The minimum atomic E-state index is -0.389. The van der Waals surface area contributed by atoms with Crippen LogP contribution in [0.3, 0.4) is 0 Å². The van der Waals surface area contributed by atoms with E-state index in [-0.39, 0.29) is 10.6 Å². The van der Waals surface area contributed by atoms with Crippen LogP contribution in [0.15, 0.2) is 30.3 Å². The van der Waals surface area contributed by atoms with Gasteiger partial charge in [0.1, 0.15) is 5.82 Å². The van der Waals surface area contributed by atoms with Crippen molar-refractivity contribution in [3.63, 3.8) is 0 Å². The largest absolute Gasteiger partial charge is 0.370 e. The Balaban J connectivity index is 1.84. The van der Waals surface area contributed by atoms with Crippen LogP contribution < -0.4 is 5.32 Å². The number of benzene rings is 1. The maximum atomic E-state index is 10.7. The Kier molecular flexibility index (Phi) is 2.62. The van der Waals surface area contributed by atoms with Crippen molar-refractivity contribution in [1.29, 1.82) is 0 Å². The second-order valence-corrected chi connectivity index (χ2v) is 5.49. The zero-order valence-corrected chi connectivity index (χ0v) is 10.7. The number of hydrogen-bond donors (Lipinski definition) is 1. The number of pyridine rings is 1. The molecular weight excluding hydrogens is 242 g/mol. The van der Waals surface area contributed by atoms with Crippen LogP contribution in [0.25, 0.3) is 10.9 Å². The number of rotatable bonds is 4. The van der Waals surface area contributed by atoms with Crippen molar-refractivity contribution >= 4 is 22.4 Å². The van der Waals surface area contributed by atoms with E-state index in [9.17, 15) is 10.1 Å². The lowest BCUT2D eigenvalue weighted by Gasteiger charge is -2.11. The van der Waals surface area contributed by atoms with Crippen molar-refractivity contribution in [2.45, 2.75) is 19.8 Å². The first-order valence-electron chi connectivity index (χ1n) is 6.35. The third-order valence-corrected chi connectivity index (χ3v) is 3.68. The Bertz CT molecular complexity index is 650. The van der Waals surface area contributed by atoms with Crippen molar-refractivity contribution in [3.05, 3.63) is 40.4 Å². The molecule has 1 fully saturated rings. The summed E-state index contributed by atoms with van der Waals surface area (Å²) >= 11 is 0. The Labute approximate surface area is 110 Å². The van der Waals surface area contributed by atoms with Gasteiger partial charge in [-0.15, -0.1) is 0 Å². The van der Waals surface area contributed by atoms with E-state index < -0.39 is 0 Å². The van der Waals surface area contributed by atoms with Gasteiger partial charge in [0.05, 0.1) is 10.4 Å². The molecule has 1 aliphatic carbocycles. The highest BCUT2D eigenvalue weighted by molar-refractivity contribution is 5.82. The number of non-ortho nitro benzene ring substituents is 1. The normalized spacial score (nSPS) is 16.3. The van der Waals surface area contributed by atoms with Crippen LogP contribution in [0.5, 0.6) is 0 Å². The molecular formula is C14H15N3O2. The van der Waals surface area contributed by atoms with Crippen LogP contribution in [0.2, 0.25) is 0 Å². The standard InChI is InChI=1S/C14H15N3O2/c1-14(6-7-14)9-15-13-5-2-10-8-11(17(18)19)3-4-12(10)16-13/h2-5,8H,6-7,9H2,1H3,(H,15,16). The summed E-state index contributed by atoms with van der Waals surface area (Å²) in [5.41, 5.74) is 1.29. The Hall–Kier alpha value is -2.17. The van der Waals surface area contributed by atoms with E-state index in [4.69, 9.17) is 0 Å². The molecule has 2 aromatic rings. The van der Waals surface area contributed by atoms with E-state index in [1.54, 1.807) is 12.1 Å². The molecule has 0 aliphatic heterocycles. The number of nitro groups is 1. The lowest BCUT2D eigenvalue weighted by Crippen LogP contribution is -2.12. The van der Waals surface area contributed by atoms with E-state index in [1.165, 1.54) is 18.9 Å². The lowest BCUT2D eigenvalue weighted by molar-refractivity contribution is -0.384. The minimum absolute atomic E-state index is 0.0977. The zero-order valence-electron chi connectivity index (χ0n) is 10.7. The van der Waals surface area contributed by atoms with Crippen molar-refractivity contribution < 1.29 is 4.92 Å². The van der Waals surface area contributed by atoms with Crippen LogP contribution in [0, 0.1) is 15.5 Å². The van der Waals surface area contributed by atoms with Gasteiger partial charge in [-0.3, -0.25) is 10.1 Å². The van der Waals surface area contributed by atoms with Gasteiger partial charge in [0.25, 0.3) is 5.69 Å². The van der Waals surface area contributed by atoms with E-state index in [0.717, 1.165) is 23.3 Å². The average Bonchev–Trinajstić information content (AvgIpc) is 3.14. The molecule has 98 valence electrons. The Morgan fingerprint density at radius 2 is 2.16 bits per heavy atom. The van der Waals surface area contributed by atoms with Gasteiger partial charge < -0.3 is 5.32 Å². The lowest BCUT2D eigenvalue weighted by atomic mass is 10.1. The Morgan fingerprint density at radius 1 is 1.37 bits per heavy atom. The molecule has 0 atom stereocenters. The van der Waals surface area contributed by atoms with Gasteiger partial charge in [-0.2, -0.15) is 0 Å². The summed E-state index contributed by atoms with van der Waals surface area (Å²) in [6.07, 6.45) is 2.53. The molecule has 1 heterocycles. The van der Waals surface area contributed by atoms with Crippen molar-refractivity contribution in [1.82, 2.24) is 4.98 Å². The van der Waals surface area contributed by atoms with E-state index in [0.29, 0.717) is 5.41 Å². The number of fused-ring (bicyclic) bond motifs is 1. The second kappa shape index (κ2) is 4.19. The molecule has 0 saturated heterocycles. The summed E-state index contributed by atoms with van der Waals surface area (Å²) in [5, 5.41) is 14.8. The van der Waals surface area contributed by atoms with Gasteiger partial charge >= 0.3 is 0 Å². The van der Waals surface area contributed by atoms with Gasteiger partial charge in [-0.25, -0.2) is 4.98 Å². The molecule has 1 aromatic heterocycles. The Morgan fingerprint density at radius 3 is 2.84 bits per heavy atom. The molecule has 5 nitrogen and oxygen atoms in total. The van der Waals surface area contributed by atoms with Gasteiger partial charge in [-0.05, 0) is 36.5 Å². The minimum Gasteiger partial charge on any atom is -0.370 e. The highest BCUT2D eigenvalue weighted by atomic mass is 16.6. The molecule has 5 heteroatoms. The number of nitrogens with one attached hydrogen (secondary N) is 1. The molecule has 1 saturated carbocycles. The summed E-state index contributed by atoms with van der Waals surface area (Å²) in [5.74, 6) is 0.828. The predicted octanol–water partition coefficient (Wildman–Crippen LogP) is 3.36. The first kappa shape index (κ1) is 11.9. The molecule has 1 aromatic carbocycles. The van der Waals surface area contributed by atoms with Gasteiger partial charge in [0.2, 0.25) is 0 Å². The summed E-state index contributed by atoms with van der Waals surface area (Å²) in [6, 6.07) is 8.47. The molecule has 19 heavy (non-hydrogen) atoms. The first-order valence-corrected chi connectivity index (χ1v) is 6.35. The smallest absolute Gasteiger partial charge is 0.270 e. The van der Waals surface area contributed by atoms with Crippen molar-refractivity contribution in [2.75, 3.05) is 11.9 Å². The number of nitro benzene ring substituents is 1. The van der Waals surface area contributed by atoms with Gasteiger partial charge in [0.15, 0.2) is 0 Å². The van der Waals surface area contributed by atoms with Crippen LogP contribution >= 0.6 is 0 Å². The first-order chi connectivity index (χ1) is 9.06. The molecule has 3 rings (SSSR count). The van der Waals surface area contributed by atoms with Crippen molar-refractivity contribution in [2.24, 2.45) is 5.41 Å². The van der Waals surface area contributed by atoms with Crippen LogP contribution in [0.1, 0.15) is 19.8 Å². The van der Waals surface area contributed by atoms with Gasteiger partial charge in [0, 0.05) is 24.1 Å². The predicted molar refractivity (Wildman–Crippen MR) is 74.2 cm³/mol. The third-order valence-electron chi connectivity index (χ3n) is 3.68. The highest BCUT2D eigenvalue weighted by Crippen LogP contribution is 2.44. The van der Waals surface area contributed by atoms with Crippen LogP contribution in [-0.2, 0) is 0 Å². The maximum Gasteiger partial charge on any atom is 0.270 e. The summed E-state index contributed by atoms with van der Waals surface area (Å²) in [4.78, 5) is 14.8. The zero-order chi connectivity index (χ0) is 13.5. The summed E-state index contributed by atoms with van der Waals surface area (Å²) in [7, 11) is 0. The fourth-order valence-corrected chi connectivity index (χ4v) is 2.02. The molecule has 1 N–H and O–H groups in total. The fourth-order valence-electron chi connectivity index (χ4n) is 2.02. The fraction of sp³-hybridized carbons (Fsp3) is 0.357. The summed E-state index contributed by atoms with van der Waals surface area (Å²) in [6.45, 7) is 3.18. The number of nitrogens with zero attached hydrogens (tertiary/aromatic N) is 2. The molecule has 0 spiro atoms. The highest BCUT2D eigenvalue weighted by Gasteiger charge is 2.36. The summed E-state index contributed by atoms with van der Waals surface area (Å²) < 4.78 is 0. The third kappa shape index (κ3) is 2.50. The number of aromatic nitrogens is 1. The number of hydrogen-bond acceptors (Lipinski definition) is 4. The quantitative estimate of drug-likeness (QED) is 0.673. The van der Waals surface area contributed by atoms with E-state index in [1.807, 2.05) is 12.1 Å². The van der Waals surface area contributed by atoms with Gasteiger partial charge in [-0.1, -0.05) is 6.92 Å². The molecule has 0 unspecified atom stereocenters. The van der Waals surface area contributed by atoms with Crippen molar-refractivity contribution in [3.8, 4) is 0 Å². The maximum absolute atomic E-state index is 10.7. The van der Waals surface area contributed by atoms with Crippen LogP contribution in [-0.4, -0.2) is 16.5 Å². The molecule has 0 bridgehead atoms. The number of anilines is 1. The monoisotopic (exact) mass is 257 g/mol. The molecule has 0 radical (unpaired) electrons. The SMILES string of the molecule is CC1(CNc2ccc3cc([N+](=O)[O-])ccc3n2)CC1. The van der Waals surface area contributed by atoms with E-state index in [2.05, 4.69) is 17.2 Å². The topological polar surface area (TPSA) is 68.1 Å². The average molecular weight is 257 g/mol. The molecule has 0 amide bonds. The van der Waals surface area contributed by atoms with Crippen LogP contribution in [0.4, 0.5) is 11.5 Å². The second-order valence-electron chi connectivity index (χ2n) is 5.49. The van der Waals surface area contributed by atoms with E-state index >= 15 is 0 Å².